The highest BCUT2D eigenvalue weighted by molar-refractivity contribution is 8.02. The van der Waals surface area contributed by atoms with Gasteiger partial charge in [-0.05, 0) is 11.2 Å². The molecule has 2 heteroatoms. The fourth-order valence-corrected chi connectivity index (χ4v) is 0.354. The van der Waals surface area contributed by atoms with Crippen LogP contribution in [-0.4, -0.2) is 5.75 Å². The van der Waals surface area contributed by atoms with E-state index in [1.54, 1.807) is 11.8 Å². The summed E-state index contributed by atoms with van der Waals surface area (Å²) in [6.07, 6.45) is 0. The predicted molar refractivity (Wildman–Crippen MR) is 30.8 cm³/mol. The van der Waals surface area contributed by atoms with Gasteiger partial charge in [-0.1, -0.05) is 13.5 Å². The van der Waals surface area contributed by atoms with Crippen LogP contribution in [0.15, 0.2) is 12.0 Å². The van der Waals surface area contributed by atoms with Crippen LogP contribution in [0.3, 0.4) is 0 Å². The second-order valence-corrected chi connectivity index (χ2v) is 1.87. The molecule has 0 amide bonds. The van der Waals surface area contributed by atoms with E-state index in [9.17, 15) is 0 Å². The lowest BCUT2D eigenvalue weighted by atomic mass is 11.0. The second kappa shape index (κ2) is 8.89. The molecule has 38 valence electrons. The lowest BCUT2D eigenvalue weighted by Crippen LogP contribution is -1.51. The van der Waals surface area contributed by atoms with E-state index in [2.05, 4.69) is 13.5 Å². The highest BCUT2D eigenvalue weighted by atomic mass is 32.2. The molecule has 0 aromatic carbocycles. The highest BCUT2D eigenvalue weighted by Crippen LogP contribution is 1.94. The number of thioether (sulfide) groups is 1. The SMILES string of the molecule is C=CSCC.F. The topological polar surface area (TPSA) is 0 Å². The maximum atomic E-state index is 3.51. The summed E-state index contributed by atoms with van der Waals surface area (Å²) in [4.78, 5) is 0. The van der Waals surface area contributed by atoms with Crippen molar-refractivity contribution in [3.63, 3.8) is 0 Å². The molecule has 0 bridgehead atoms. The average molecular weight is 108 g/mol. The van der Waals surface area contributed by atoms with Crippen molar-refractivity contribution in [1.29, 1.82) is 0 Å². The molecule has 0 heterocycles. The Balaban J connectivity index is 0. The third-order valence-electron chi connectivity index (χ3n) is 0.285. The maximum Gasteiger partial charge on any atom is -0.00547 e. The van der Waals surface area contributed by atoms with Gasteiger partial charge in [0.1, 0.15) is 0 Å². The first kappa shape index (κ1) is 9.39. The molecule has 0 fully saturated rings. The van der Waals surface area contributed by atoms with Gasteiger partial charge < -0.3 is 0 Å². The van der Waals surface area contributed by atoms with E-state index in [0.29, 0.717) is 0 Å². The van der Waals surface area contributed by atoms with Crippen LogP contribution >= 0.6 is 11.8 Å². The largest absolute Gasteiger partial charge is 0.269 e. The van der Waals surface area contributed by atoms with Crippen LogP contribution in [0.2, 0.25) is 0 Å². The summed E-state index contributed by atoms with van der Waals surface area (Å²) in [6.45, 7) is 5.62. The van der Waals surface area contributed by atoms with Crippen molar-refractivity contribution >= 4 is 11.8 Å². The Hall–Kier alpha value is 0.0200. The molecule has 0 saturated carbocycles. The Bertz CT molecular complexity index is 28.7. The van der Waals surface area contributed by atoms with Crippen LogP contribution in [0.25, 0.3) is 0 Å². The maximum absolute atomic E-state index is 3.51. The molecule has 0 aliphatic heterocycles. The molecule has 0 atom stereocenters. The number of halogens is 1. The van der Waals surface area contributed by atoms with Gasteiger partial charge in [-0.15, -0.1) is 11.8 Å². The van der Waals surface area contributed by atoms with Gasteiger partial charge in [0.2, 0.25) is 0 Å². The minimum atomic E-state index is 0. The molecule has 0 rings (SSSR count). The van der Waals surface area contributed by atoms with Crippen molar-refractivity contribution in [2.75, 3.05) is 5.75 Å². The summed E-state index contributed by atoms with van der Waals surface area (Å²) in [7, 11) is 0. The zero-order valence-corrected chi connectivity index (χ0v) is 4.62. The van der Waals surface area contributed by atoms with Gasteiger partial charge in [0.15, 0.2) is 0 Å². The summed E-state index contributed by atoms with van der Waals surface area (Å²) in [5.41, 5.74) is 0. The minimum absolute atomic E-state index is 0. The van der Waals surface area contributed by atoms with Gasteiger partial charge in [-0.25, -0.2) is 0 Å². The zero-order valence-electron chi connectivity index (χ0n) is 3.81. The van der Waals surface area contributed by atoms with Gasteiger partial charge in [0.05, 0.1) is 0 Å². The van der Waals surface area contributed by atoms with E-state index in [1.807, 2.05) is 5.41 Å². The Morgan fingerprint density at radius 1 is 1.83 bits per heavy atom. The second-order valence-electron chi connectivity index (χ2n) is 0.622. The van der Waals surface area contributed by atoms with Crippen molar-refractivity contribution in [3.05, 3.63) is 12.0 Å². The molecule has 0 radical (unpaired) electrons. The summed E-state index contributed by atoms with van der Waals surface area (Å²) in [6, 6.07) is 0. The molecule has 0 spiro atoms. The third kappa shape index (κ3) is 8.99. The first-order valence-corrected chi connectivity index (χ1v) is 2.69. The van der Waals surface area contributed by atoms with Gasteiger partial charge in [0.25, 0.3) is 0 Å². The summed E-state index contributed by atoms with van der Waals surface area (Å²) < 4.78 is 0. The highest BCUT2D eigenvalue weighted by Gasteiger charge is 1.60. The number of rotatable bonds is 2. The first-order chi connectivity index (χ1) is 2.41. The molecule has 0 aliphatic rings. The average Bonchev–Trinajstić information content (AvgIpc) is 1.41. The molecule has 0 aliphatic carbocycles. The first-order valence-electron chi connectivity index (χ1n) is 1.64. The molecule has 0 aromatic heterocycles. The van der Waals surface area contributed by atoms with Crippen LogP contribution in [0.1, 0.15) is 6.92 Å². The van der Waals surface area contributed by atoms with Crippen LogP contribution in [0.5, 0.6) is 0 Å². The molecular formula is C4H9FS. The monoisotopic (exact) mass is 108 g/mol. The fourth-order valence-electron chi connectivity index (χ4n) is 0.118. The van der Waals surface area contributed by atoms with E-state index in [-0.39, 0.29) is 4.70 Å². The Morgan fingerprint density at radius 2 is 2.33 bits per heavy atom. The lowest BCUT2D eigenvalue weighted by Gasteiger charge is -1.73. The molecule has 0 nitrogen and oxygen atoms in total. The molecule has 6 heavy (non-hydrogen) atoms. The van der Waals surface area contributed by atoms with Crippen LogP contribution < -0.4 is 0 Å². The van der Waals surface area contributed by atoms with Crippen LogP contribution in [0, 0.1) is 0 Å². The molecule has 0 saturated heterocycles. The predicted octanol–water partition coefficient (Wildman–Crippen LogP) is 2.04. The molecule has 0 unspecified atom stereocenters. The fraction of sp³-hybridized carbons (Fsp3) is 0.500. The third-order valence-corrected chi connectivity index (χ3v) is 0.854. The summed E-state index contributed by atoms with van der Waals surface area (Å²) >= 11 is 1.73. The Kier molecular flexibility index (Phi) is 13.9. The smallest absolute Gasteiger partial charge is 0.00547 e. The van der Waals surface area contributed by atoms with Crippen LogP contribution in [0.4, 0.5) is 4.70 Å². The lowest BCUT2D eigenvalue weighted by molar-refractivity contribution is 1.11. The number of hydrogen-bond acceptors (Lipinski definition) is 1. The van der Waals surface area contributed by atoms with Gasteiger partial charge in [0, 0.05) is 0 Å². The molecular weight excluding hydrogens is 99.1 g/mol. The van der Waals surface area contributed by atoms with E-state index in [0.717, 1.165) is 5.75 Å². The van der Waals surface area contributed by atoms with Gasteiger partial charge >= 0.3 is 0 Å². The van der Waals surface area contributed by atoms with Crippen molar-refractivity contribution < 1.29 is 4.70 Å². The summed E-state index contributed by atoms with van der Waals surface area (Å²) in [5, 5.41) is 1.85. The quantitative estimate of drug-likeness (QED) is 0.521. The standard InChI is InChI=1S/C4H8S.FH/c1-3-5-4-2;/h3H,1,4H2,2H3;1H. The van der Waals surface area contributed by atoms with E-state index >= 15 is 0 Å². The van der Waals surface area contributed by atoms with Crippen molar-refractivity contribution in [2.24, 2.45) is 0 Å². The molecule has 0 N–H and O–H groups in total. The van der Waals surface area contributed by atoms with Crippen molar-refractivity contribution in [1.82, 2.24) is 0 Å². The van der Waals surface area contributed by atoms with E-state index < -0.39 is 0 Å². The van der Waals surface area contributed by atoms with E-state index in [4.69, 9.17) is 0 Å². The van der Waals surface area contributed by atoms with Crippen LogP contribution in [-0.2, 0) is 0 Å². The minimum Gasteiger partial charge on any atom is -0.269 e. The summed E-state index contributed by atoms with van der Waals surface area (Å²) in [5.74, 6) is 1.14. The number of hydrogen-bond donors (Lipinski definition) is 0. The molecule has 0 aromatic rings. The zero-order chi connectivity index (χ0) is 4.12. The van der Waals surface area contributed by atoms with E-state index in [1.165, 1.54) is 0 Å². The Labute approximate surface area is 42.0 Å². The van der Waals surface area contributed by atoms with Gasteiger partial charge in [-0.3, -0.25) is 4.70 Å². The normalized spacial score (nSPS) is 6.17. The Morgan fingerprint density at radius 3 is 2.33 bits per heavy atom. The van der Waals surface area contributed by atoms with Gasteiger partial charge in [-0.2, -0.15) is 0 Å². The van der Waals surface area contributed by atoms with Crippen molar-refractivity contribution in [3.8, 4) is 0 Å². The van der Waals surface area contributed by atoms with Crippen molar-refractivity contribution in [2.45, 2.75) is 6.92 Å².